The van der Waals surface area contributed by atoms with Crippen LogP contribution in [0.25, 0.3) is 0 Å². The van der Waals surface area contributed by atoms with Gasteiger partial charge in [0.15, 0.2) is 5.96 Å². The highest BCUT2D eigenvalue weighted by molar-refractivity contribution is 5.81. The predicted octanol–water partition coefficient (Wildman–Crippen LogP) is 1.91. The molecule has 0 aromatic rings. The number of nitrogens with two attached hydrogens (primary N) is 1. The Morgan fingerprint density at radius 3 is 2.58 bits per heavy atom. The van der Waals surface area contributed by atoms with Crippen LogP contribution in [-0.4, -0.2) is 53.5 Å². The van der Waals surface area contributed by atoms with E-state index in [0.29, 0.717) is 12.0 Å². The van der Waals surface area contributed by atoms with Gasteiger partial charge in [-0.1, -0.05) is 13.8 Å². The fraction of sp³-hybridized carbons (Fsp3) is 0.933. The maximum atomic E-state index is 6.14. The van der Waals surface area contributed by atoms with E-state index >= 15 is 0 Å². The van der Waals surface area contributed by atoms with Crippen molar-refractivity contribution in [3.8, 4) is 0 Å². The van der Waals surface area contributed by atoms with E-state index in [2.05, 4.69) is 42.5 Å². The van der Waals surface area contributed by atoms with Crippen LogP contribution in [0.4, 0.5) is 0 Å². The SMILES string of the molecule is CC(C)CN1C(N)=NCC12CCCN(C(C)C)CC2. The summed E-state index contributed by atoms with van der Waals surface area (Å²) in [6.45, 7) is 13.4. The maximum absolute atomic E-state index is 6.14. The highest BCUT2D eigenvalue weighted by Crippen LogP contribution is 2.34. The smallest absolute Gasteiger partial charge is 0.191 e. The maximum Gasteiger partial charge on any atom is 0.191 e. The molecule has 110 valence electrons. The van der Waals surface area contributed by atoms with Gasteiger partial charge in [0.25, 0.3) is 0 Å². The van der Waals surface area contributed by atoms with E-state index < -0.39 is 0 Å². The van der Waals surface area contributed by atoms with Crippen LogP contribution in [0.5, 0.6) is 0 Å². The number of guanidine groups is 1. The first-order chi connectivity index (χ1) is 8.94. The second-order valence-electron chi connectivity index (χ2n) is 6.89. The molecule has 0 aromatic carbocycles. The standard InChI is InChI=1S/C15H30N4/c1-12(2)10-19-14(16)17-11-15(19)6-5-8-18(9-7-15)13(3)4/h12-13H,5-11H2,1-4H3,(H2,16,17). The molecule has 4 nitrogen and oxygen atoms in total. The van der Waals surface area contributed by atoms with E-state index in [1.165, 1.54) is 32.4 Å². The molecule has 0 bridgehead atoms. The van der Waals surface area contributed by atoms with Crippen LogP contribution < -0.4 is 5.73 Å². The van der Waals surface area contributed by atoms with Crippen molar-refractivity contribution < 1.29 is 0 Å². The molecule has 2 rings (SSSR count). The van der Waals surface area contributed by atoms with Crippen molar-refractivity contribution in [2.45, 2.75) is 58.5 Å². The minimum Gasteiger partial charge on any atom is -0.370 e. The van der Waals surface area contributed by atoms with Gasteiger partial charge in [-0.05, 0) is 45.6 Å². The molecule has 2 aliphatic heterocycles. The lowest BCUT2D eigenvalue weighted by Gasteiger charge is -2.40. The molecule has 1 fully saturated rings. The van der Waals surface area contributed by atoms with Crippen molar-refractivity contribution in [3.05, 3.63) is 0 Å². The number of aliphatic imine (C=N–C) groups is 1. The molecule has 0 aliphatic carbocycles. The van der Waals surface area contributed by atoms with Gasteiger partial charge in [-0.2, -0.15) is 0 Å². The van der Waals surface area contributed by atoms with Gasteiger partial charge in [0.2, 0.25) is 0 Å². The van der Waals surface area contributed by atoms with Crippen LogP contribution in [-0.2, 0) is 0 Å². The van der Waals surface area contributed by atoms with E-state index in [1.54, 1.807) is 0 Å². The minimum atomic E-state index is 0.206. The third kappa shape index (κ3) is 3.04. The van der Waals surface area contributed by atoms with Gasteiger partial charge in [0.05, 0.1) is 12.1 Å². The lowest BCUT2D eigenvalue weighted by Crippen LogP contribution is -2.53. The number of rotatable bonds is 3. The van der Waals surface area contributed by atoms with Gasteiger partial charge in [0.1, 0.15) is 0 Å². The van der Waals surface area contributed by atoms with Crippen molar-refractivity contribution in [2.75, 3.05) is 26.2 Å². The molecular formula is C15H30N4. The third-order valence-corrected chi connectivity index (χ3v) is 4.61. The Kier molecular flexibility index (Phi) is 4.39. The van der Waals surface area contributed by atoms with Crippen molar-refractivity contribution in [3.63, 3.8) is 0 Å². The summed E-state index contributed by atoms with van der Waals surface area (Å²) in [4.78, 5) is 9.56. The Hall–Kier alpha value is -0.770. The summed E-state index contributed by atoms with van der Waals surface area (Å²) in [5, 5.41) is 0. The second kappa shape index (κ2) is 5.70. The van der Waals surface area contributed by atoms with E-state index in [9.17, 15) is 0 Å². The van der Waals surface area contributed by atoms with Crippen LogP contribution in [0, 0.1) is 5.92 Å². The Balaban J connectivity index is 2.09. The van der Waals surface area contributed by atoms with Crippen LogP contribution in [0.2, 0.25) is 0 Å². The molecule has 0 aromatic heterocycles. The van der Waals surface area contributed by atoms with E-state index in [1.807, 2.05) is 0 Å². The average Bonchev–Trinajstić information content (AvgIpc) is 2.54. The molecule has 0 amide bonds. The van der Waals surface area contributed by atoms with Gasteiger partial charge >= 0.3 is 0 Å². The van der Waals surface area contributed by atoms with Crippen LogP contribution >= 0.6 is 0 Å². The van der Waals surface area contributed by atoms with Gasteiger partial charge in [-0.3, -0.25) is 4.99 Å². The topological polar surface area (TPSA) is 44.9 Å². The zero-order chi connectivity index (χ0) is 14.0. The molecule has 2 aliphatic rings. The quantitative estimate of drug-likeness (QED) is 0.848. The van der Waals surface area contributed by atoms with E-state index in [4.69, 9.17) is 5.73 Å². The Morgan fingerprint density at radius 1 is 1.21 bits per heavy atom. The predicted molar refractivity (Wildman–Crippen MR) is 81.3 cm³/mol. The zero-order valence-corrected chi connectivity index (χ0v) is 13.0. The molecule has 1 spiro atoms. The molecule has 4 heteroatoms. The van der Waals surface area contributed by atoms with Crippen molar-refractivity contribution in [1.82, 2.24) is 9.80 Å². The Morgan fingerprint density at radius 2 is 1.95 bits per heavy atom. The molecule has 1 saturated heterocycles. The molecule has 0 saturated carbocycles. The highest BCUT2D eigenvalue weighted by Gasteiger charge is 2.43. The van der Waals surface area contributed by atoms with E-state index in [0.717, 1.165) is 19.0 Å². The molecule has 1 atom stereocenters. The normalized spacial score (nSPS) is 29.4. The third-order valence-electron chi connectivity index (χ3n) is 4.61. The van der Waals surface area contributed by atoms with Crippen LogP contribution in [0.15, 0.2) is 4.99 Å². The number of hydrogen-bond acceptors (Lipinski definition) is 4. The lowest BCUT2D eigenvalue weighted by molar-refractivity contribution is 0.153. The second-order valence-corrected chi connectivity index (χ2v) is 6.89. The van der Waals surface area contributed by atoms with Crippen LogP contribution in [0.3, 0.4) is 0 Å². The van der Waals surface area contributed by atoms with Crippen LogP contribution in [0.1, 0.15) is 47.0 Å². The largest absolute Gasteiger partial charge is 0.370 e. The molecular weight excluding hydrogens is 236 g/mol. The summed E-state index contributed by atoms with van der Waals surface area (Å²) in [7, 11) is 0. The van der Waals surface area contributed by atoms with E-state index in [-0.39, 0.29) is 5.54 Å². The first-order valence-electron chi connectivity index (χ1n) is 7.76. The summed E-state index contributed by atoms with van der Waals surface area (Å²) < 4.78 is 0. The number of likely N-dealkylation sites (tertiary alicyclic amines) is 1. The number of hydrogen-bond donors (Lipinski definition) is 1. The van der Waals surface area contributed by atoms with Gasteiger partial charge in [-0.15, -0.1) is 0 Å². The molecule has 0 radical (unpaired) electrons. The lowest BCUT2D eigenvalue weighted by atomic mass is 9.89. The zero-order valence-electron chi connectivity index (χ0n) is 13.0. The minimum absolute atomic E-state index is 0.206. The molecule has 2 heterocycles. The van der Waals surface area contributed by atoms with Gasteiger partial charge in [0, 0.05) is 19.1 Å². The Labute approximate surface area is 118 Å². The summed E-state index contributed by atoms with van der Waals surface area (Å²) in [5.41, 5.74) is 6.35. The average molecular weight is 266 g/mol. The summed E-state index contributed by atoms with van der Waals surface area (Å²) in [6, 6.07) is 0.647. The molecule has 2 N–H and O–H groups in total. The summed E-state index contributed by atoms with van der Waals surface area (Å²) >= 11 is 0. The van der Waals surface area contributed by atoms with Crippen molar-refractivity contribution in [1.29, 1.82) is 0 Å². The van der Waals surface area contributed by atoms with Crippen molar-refractivity contribution in [2.24, 2.45) is 16.6 Å². The fourth-order valence-electron chi connectivity index (χ4n) is 3.44. The summed E-state index contributed by atoms with van der Waals surface area (Å²) in [6.07, 6.45) is 3.69. The molecule has 1 unspecified atom stereocenters. The monoisotopic (exact) mass is 266 g/mol. The molecule has 19 heavy (non-hydrogen) atoms. The van der Waals surface area contributed by atoms with Gasteiger partial charge < -0.3 is 15.5 Å². The van der Waals surface area contributed by atoms with Crippen molar-refractivity contribution >= 4 is 5.96 Å². The fourth-order valence-corrected chi connectivity index (χ4v) is 3.44. The first kappa shape index (κ1) is 14.6. The Bertz CT molecular complexity index is 337. The summed E-state index contributed by atoms with van der Waals surface area (Å²) in [5.74, 6) is 1.40. The number of nitrogens with zero attached hydrogens (tertiary/aromatic N) is 3. The van der Waals surface area contributed by atoms with Gasteiger partial charge in [-0.25, -0.2) is 0 Å². The highest BCUT2D eigenvalue weighted by atomic mass is 15.4. The first-order valence-corrected chi connectivity index (χ1v) is 7.76.